The van der Waals surface area contributed by atoms with Crippen molar-refractivity contribution in [2.45, 2.75) is 31.1 Å². The first-order valence-corrected chi connectivity index (χ1v) is 7.87. The number of hydrogen-bond acceptors (Lipinski definition) is 3. The van der Waals surface area contributed by atoms with Gasteiger partial charge in [0.2, 0.25) is 5.91 Å². The van der Waals surface area contributed by atoms with Gasteiger partial charge in [-0.3, -0.25) is 4.79 Å². The Hall–Kier alpha value is -1.36. The van der Waals surface area contributed by atoms with E-state index in [4.69, 9.17) is 0 Å². The number of rotatable bonds is 2. The lowest BCUT2D eigenvalue weighted by Gasteiger charge is -2.30. The Bertz CT molecular complexity index is 565. The van der Waals surface area contributed by atoms with Crippen LogP contribution in [0.1, 0.15) is 29.7 Å². The van der Waals surface area contributed by atoms with E-state index in [9.17, 15) is 13.2 Å². The molecule has 2 atom stereocenters. The van der Waals surface area contributed by atoms with E-state index in [2.05, 4.69) is 5.32 Å². The largest absolute Gasteiger partial charge is 0.353 e. The van der Waals surface area contributed by atoms with E-state index < -0.39 is 15.1 Å². The number of nitrogens with one attached hydrogen (secondary N) is 1. The third-order valence-electron chi connectivity index (χ3n) is 3.29. The van der Waals surface area contributed by atoms with Crippen LogP contribution in [-0.2, 0) is 21.1 Å². The normalized spacial score (nSPS) is 23.2. The Balaban J connectivity index is 2.38. The predicted octanol–water partition coefficient (Wildman–Crippen LogP) is 1.22. The average molecular weight is 267 g/mol. The van der Waals surface area contributed by atoms with Crippen LogP contribution in [0.3, 0.4) is 0 Å². The molecule has 0 saturated heterocycles. The van der Waals surface area contributed by atoms with Crippen molar-refractivity contribution < 1.29 is 13.2 Å². The zero-order chi connectivity index (χ0) is 13.3. The highest BCUT2D eigenvalue weighted by Crippen LogP contribution is 2.35. The number of sulfone groups is 1. The zero-order valence-corrected chi connectivity index (χ0v) is 11.3. The van der Waals surface area contributed by atoms with E-state index in [-0.39, 0.29) is 11.9 Å². The molecule has 18 heavy (non-hydrogen) atoms. The highest BCUT2D eigenvalue weighted by atomic mass is 32.2. The monoisotopic (exact) mass is 267 g/mol. The van der Waals surface area contributed by atoms with Crippen LogP contribution in [0, 0.1) is 0 Å². The lowest BCUT2D eigenvalue weighted by Crippen LogP contribution is -2.40. The molecule has 0 bridgehead atoms. The molecule has 1 N–H and O–H groups in total. The lowest BCUT2D eigenvalue weighted by atomic mass is 9.88. The van der Waals surface area contributed by atoms with Crippen LogP contribution in [0.25, 0.3) is 0 Å². The van der Waals surface area contributed by atoms with E-state index in [1.807, 2.05) is 24.3 Å². The second kappa shape index (κ2) is 4.72. The molecule has 1 aliphatic carbocycles. The molecule has 1 aromatic rings. The minimum atomic E-state index is -3.16. The fraction of sp³-hybridized carbons (Fsp3) is 0.462. The highest BCUT2D eigenvalue weighted by molar-refractivity contribution is 7.90. The molecule has 1 unspecified atom stereocenters. The smallest absolute Gasteiger partial charge is 0.217 e. The molecule has 0 heterocycles. The first-order valence-electron chi connectivity index (χ1n) is 5.91. The van der Waals surface area contributed by atoms with Crippen LogP contribution < -0.4 is 5.32 Å². The van der Waals surface area contributed by atoms with E-state index in [1.165, 1.54) is 13.2 Å². The molecule has 0 aliphatic heterocycles. The minimum absolute atomic E-state index is 0.0999. The molecule has 0 saturated carbocycles. The van der Waals surface area contributed by atoms with Crippen molar-refractivity contribution >= 4 is 15.7 Å². The van der Waals surface area contributed by atoms with Crippen molar-refractivity contribution in [1.29, 1.82) is 0 Å². The summed E-state index contributed by atoms with van der Waals surface area (Å²) in [6.07, 6.45) is 2.40. The fourth-order valence-electron chi connectivity index (χ4n) is 2.57. The summed E-state index contributed by atoms with van der Waals surface area (Å²) in [4.78, 5) is 11.1. The van der Waals surface area contributed by atoms with Crippen molar-refractivity contribution in [3.8, 4) is 0 Å². The predicted molar refractivity (Wildman–Crippen MR) is 70.0 cm³/mol. The van der Waals surface area contributed by atoms with Gasteiger partial charge < -0.3 is 5.32 Å². The maximum absolute atomic E-state index is 11.9. The highest BCUT2D eigenvalue weighted by Gasteiger charge is 2.33. The van der Waals surface area contributed by atoms with E-state index >= 15 is 0 Å². The molecule has 5 heteroatoms. The van der Waals surface area contributed by atoms with Crippen LogP contribution in [0.5, 0.6) is 0 Å². The Morgan fingerprint density at radius 3 is 2.61 bits per heavy atom. The maximum atomic E-state index is 11.9. The fourth-order valence-corrected chi connectivity index (χ4v) is 3.84. The summed E-state index contributed by atoms with van der Waals surface area (Å²) >= 11 is 0. The van der Waals surface area contributed by atoms with Gasteiger partial charge in [-0.25, -0.2) is 8.42 Å². The van der Waals surface area contributed by atoms with E-state index in [0.717, 1.165) is 11.1 Å². The van der Waals surface area contributed by atoms with E-state index in [0.29, 0.717) is 12.8 Å². The Morgan fingerprint density at radius 2 is 2.00 bits per heavy atom. The Labute approximate surface area is 107 Å². The third-order valence-corrected chi connectivity index (χ3v) is 4.77. The molecule has 0 radical (unpaired) electrons. The van der Waals surface area contributed by atoms with Crippen LogP contribution in [0.2, 0.25) is 0 Å². The van der Waals surface area contributed by atoms with Crippen LogP contribution >= 0.6 is 0 Å². The van der Waals surface area contributed by atoms with Gasteiger partial charge in [-0.2, -0.15) is 0 Å². The van der Waals surface area contributed by atoms with Gasteiger partial charge in [0.15, 0.2) is 9.84 Å². The summed E-state index contributed by atoms with van der Waals surface area (Å²) in [5, 5.41) is 2.31. The molecule has 0 spiro atoms. The molecular formula is C13H17NO3S. The Kier molecular flexibility index (Phi) is 3.43. The van der Waals surface area contributed by atoms with Crippen LogP contribution in [-0.4, -0.2) is 26.6 Å². The first kappa shape index (κ1) is 13.1. The third kappa shape index (κ3) is 2.72. The number of carbonyl (C=O) groups is 1. The molecule has 2 rings (SSSR count). The molecule has 0 aromatic heterocycles. The summed E-state index contributed by atoms with van der Waals surface area (Å²) < 4.78 is 23.7. The number of hydrogen-bond donors (Lipinski definition) is 1. The SMILES string of the molecule is CC(=O)N[C@@H]1Cc2ccccc2C(S(C)(=O)=O)C1. The molecule has 1 aromatic carbocycles. The molecule has 98 valence electrons. The van der Waals surface area contributed by atoms with Gasteiger partial charge in [-0.05, 0) is 24.0 Å². The van der Waals surface area contributed by atoms with Gasteiger partial charge in [0.1, 0.15) is 0 Å². The van der Waals surface area contributed by atoms with Gasteiger partial charge in [0.05, 0.1) is 5.25 Å². The number of fused-ring (bicyclic) bond motifs is 1. The number of amides is 1. The van der Waals surface area contributed by atoms with Crippen LogP contribution in [0.15, 0.2) is 24.3 Å². The summed E-state index contributed by atoms with van der Waals surface area (Å²) in [7, 11) is -3.16. The summed E-state index contributed by atoms with van der Waals surface area (Å²) in [5.74, 6) is -0.119. The number of carbonyl (C=O) groups excluding carboxylic acids is 1. The van der Waals surface area contributed by atoms with Gasteiger partial charge in [0.25, 0.3) is 0 Å². The van der Waals surface area contributed by atoms with Crippen molar-refractivity contribution in [3.63, 3.8) is 0 Å². The number of benzene rings is 1. The summed E-state index contributed by atoms with van der Waals surface area (Å²) in [6, 6.07) is 7.45. The maximum Gasteiger partial charge on any atom is 0.217 e. The minimum Gasteiger partial charge on any atom is -0.353 e. The van der Waals surface area contributed by atoms with Crippen molar-refractivity contribution in [3.05, 3.63) is 35.4 Å². The van der Waals surface area contributed by atoms with Gasteiger partial charge in [-0.15, -0.1) is 0 Å². The topological polar surface area (TPSA) is 63.2 Å². The second-order valence-corrected chi connectivity index (χ2v) is 7.08. The first-order chi connectivity index (χ1) is 8.38. The second-order valence-electron chi connectivity index (χ2n) is 4.85. The van der Waals surface area contributed by atoms with Crippen LogP contribution in [0.4, 0.5) is 0 Å². The van der Waals surface area contributed by atoms with Gasteiger partial charge >= 0.3 is 0 Å². The quantitative estimate of drug-likeness (QED) is 0.876. The molecule has 4 nitrogen and oxygen atoms in total. The molecule has 1 amide bonds. The molecule has 0 fully saturated rings. The summed E-state index contributed by atoms with van der Waals surface area (Å²) in [5.41, 5.74) is 1.89. The lowest BCUT2D eigenvalue weighted by molar-refractivity contribution is -0.119. The van der Waals surface area contributed by atoms with Gasteiger partial charge in [-0.1, -0.05) is 24.3 Å². The zero-order valence-electron chi connectivity index (χ0n) is 10.5. The Morgan fingerprint density at radius 1 is 1.33 bits per heavy atom. The van der Waals surface area contributed by atoms with Crippen molar-refractivity contribution in [1.82, 2.24) is 5.32 Å². The summed E-state index contributed by atoms with van der Waals surface area (Å²) in [6.45, 7) is 1.45. The van der Waals surface area contributed by atoms with E-state index in [1.54, 1.807) is 0 Å². The van der Waals surface area contributed by atoms with Gasteiger partial charge in [0, 0.05) is 19.2 Å². The van der Waals surface area contributed by atoms with Crippen molar-refractivity contribution in [2.24, 2.45) is 0 Å². The molecule has 1 aliphatic rings. The average Bonchev–Trinajstić information content (AvgIpc) is 2.25. The van der Waals surface area contributed by atoms with Crippen molar-refractivity contribution in [2.75, 3.05) is 6.26 Å². The molecular weight excluding hydrogens is 250 g/mol. The standard InChI is InChI=1S/C13H17NO3S/c1-9(15)14-11-7-10-5-3-4-6-12(10)13(8-11)18(2,16)17/h3-6,11,13H,7-8H2,1-2H3,(H,14,15)/t11-,13?/m1/s1.